The second-order valence-corrected chi connectivity index (χ2v) is 6.03. The number of ether oxygens (including phenoxy) is 2. The molecule has 0 aliphatic rings. The van der Waals surface area contributed by atoms with Crippen molar-refractivity contribution in [1.82, 2.24) is 0 Å². The van der Waals surface area contributed by atoms with Crippen LogP contribution in [0.1, 0.15) is 10.4 Å². The van der Waals surface area contributed by atoms with Crippen LogP contribution in [0.25, 0.3) is 0 Å². The molecular weight excluding hydrogens is 387 g/mol. The Morgan fingerprint density at radius 1 is 1.15 bits per heavy atom. The van der Waals surface area contributed by atoms with E-state index in [1.54, 1.807) is 37.1 Å². The van der Waals surface area contributed by atoms with Crippen molar-refractivity contribution in [3.05, 3.63) is 51.6 Å². The summed E-state index contributed by atoms with van der Waals surface area (Å²) in [5.41, 5.74) is 0.420. The van der Waals surface area contributed by atoms with Gasteiger partial charge in [0.2, 0.25) is 0 Å². The topological polar surface area (TPSA) is 35.5 Å². The predicted molar refractivity (Wildman–Crippen MR) is 88.9 cm³/mol. The van der Waals surface area contributed by atoms with Crippen LogP contribution in [0.2, 0.25) is 0 Å². The third-order valence-corrected chi connectivity index (χ3v) is 4.10. The average molecular weight is 400 g/mol. The zero-order valence-corrected chi connectivity index (χ0v) is 14.0. The first kappa shape index (κ1) is 15.2. The van der Waals surface area contributed by atoms with Crippen molar-refractivity contribution in [2.24, 2.45) is 0 Å². The monoisotopic (exact) mass is 400 g/mol. The highest BCUT2D eigenvalue weighted by atomic mass is 127. The minimum atomic E-state index is -0.421. The van der Waals surface area contributed by atoms with Crippen molar-refractivity contribution in [3.8, 4) is 11.5 Å². The number of carbonyl (C=O) groups is 1. The van der Waals surface area contributed by atoms with Crippen LogP contribution in [0, 0.1) is 3.57 Å². The number of methoxy groups -OCH3 is 1. The molecule has 2 aromatic carbocycles. The number of carbonyl (C=O) groups excluding carboxylic acids is 1. The molecule has 0 radical (unpaired) electrons. The minimum absolute atomic E-state index is 0.420. The van der Waals surface area contributed by atoms with E-state index < -0.39 is 5.97 Å². The molecular formula is C15H13IO3S. The highest BCUT2D eigenvalue weighted by Gasteiger charge is 2.15. The van der Waals surface area contributed by atoms with E-state index in [4.69, 9.17) is 9.47 Å². The lowest BCUT2D eigenvalue weighted by Gasteiger charge is -2.09. The van der Waals surface area contributed by atoms with Crippen LogP contribution < -0.4 is 9.47 Å². The molecule has 0 bridgehead atoms. The maximum atomic E-state index is 12.2. The lowest BCUT2D eigenvalue weighted by molar-refractivity contribution is 0.0731. The van der Waals surface area contributed by atoms with Crippen molar-refractivity contribution in [3.63, 3.8) is 0 Å². The van der Waals surface area contributed by atoms with Gasteiger partial charge in [0.25, 0.3) is 0 Å². The number of esters is 1. The quantitative estimate of drug-likeness (QED) is 0.333. The van der Waals surface area contributed by atoms with Crippen LogP contribution in [-0.2, 0) is 0 Å². The van der Waals surface area contributed by atoms with Crippen molar-refractivity contribution in [2.45, 2.75) is 4.90 Å². The van der Waals surface area contributed by atoms with E-state index in [1.807, 2.05) is 30.5 Å². The van der Waals surface area contributed by atoms with Gasteiger partial charge < -0.3 is 9.47 Å². The van der Waals surface area contributed by atoms with E-state index in [0.29, 0.717) is 17.1 Å². The highest BCUT2D eigenvalue weighted by molar-refractivity contribution is 14.1. The third-order valence-electron chi connectivity index (χ3n) is 2.65. The van der Waals surface area contributed by atoms with Gasteiger partial charge >= 0.3 is 5.97 Å². The molecule has 0 spiro atoms. The molecule has 0 unspecified atom stereocenters. The number of rotatable bonds is 4. The van der Waals surface area contributed by atoms with Crippen LogP contribution in [0.5, 0.6) is 11.5 Å². The Morgan fingerprint density at radius 2 is 1.85 bits per heavy atom. The second-order valence-electron chi connectivity index (χ2n) is 3.91. The van der Waals surface area contributed by atoms with E-state index >= 15 is 0 Å². The summed E-state index contributed by atoms with van der Waals surface area (Å²) in [4.78, 5) is 13.2. The molecule has 0 atom stereocenters. The molecule has 20 heavy (non-hydrogen) atoms. The summed E-state index contributed by atoms with van der Waals surface area (Å²) >= 11 is 3.79. The zero-order chi connectivity index (χ0) is 14.5. The second kappa shape index (κ2) is 6.99. The maximum Gasteiger partial charge on any atom is 0.347 e. The van der Waals surface area contributed by atoms with E-state index in [2.05, 4.69) is 22.6 Å². The molecule has 0 saturated carbocycles. The van der Waals surface area contributed by atoms with Crippen LogP contribution in [0.3, 0.4) is 0 Å². The van der Waals surface area contributed by atoms with Crippen LogP contribution >= 0.6 is 34.4 Å². The normalized spacial score (nSPS) is 10.2. The smallest absolute Gasteiger partial charge is 0.347 e. The van der Waals surface area contributed by atoms with Gasteiger partial charge in [-0.1, -0.05) is 0 Å². The van der Waals surface area contributed by atoms with Crippen molar-refractivity contribution in [2.75, 3.05) is 13.4 Å². The molecule has 0 aliphatic carbocycles. The number of halogens is 1. The number of hydrogen-bond donors (Lipinski definition) is 0. The first-order valence-electron chi connectivity index (χ1n) is 5.84. The molecule has 0 N–H and O–H groups in total. The molecule has 0 amide bonds. The van der Waals surface area contributed by atoms with Gasteiger partial charge in [0.15, 0.2) is 0 Å². The summed E-state index contributed by atoms with van der Waals surface area (Å²) in [5.74, 6) is 0.620. The van der Waals surface area contributed by atoms with Gasteiger partial charge in [-0.15, -0.1) is 11.8 Å². The Balaban J connectivity index is 2.22. The van der Waals surface area contributed by atoms with E-state index in [1.165, 1.54) is 0 Å². The SMILES string of the molecule is COc1cc(SC)ccc1C(=O)Oc1ccc(I)cc1. The first-order chi connectivity index (χ1) is 9.63. The molecule has 0 aromatic heterocycles. The van der Waals surface area contributed by atoms with Crippen molar-refractivity contribution < 1.29 is 14.3 Å². The molecule has 0 fully saturated rings. The first-order valence-corrected chi connectivity index (χ1v) is 8.14. The van der Waals surface area contributed by atoms with Crippen molar-refractivity contribution >= 4 is 40.3 Å². The molecule has 0 aliphatic heterocycles. The molecule has 2 rings (SSSR count). The summed E-state index contributed by atoms with van der Waals surface area (Å²) in [5, 5.41) is 0. The summed E-state index contributed by atoms with van der Waals surface area (Å²) in [7, 11) is 1.54. The van der Waals surface area contributed by atoms with Crippen LogP contribution in [-0.4, -0.2) is 19.3 Å². The lowest BCUT2D eigenvalue weighted by Crippen LogP contribution is -2.10. The van der Waals surface area contributed by atoms with Gasteiger partial charge in [-0.25, -0.2) is 4.79 Å². The molecule has 0 saturated heterocycles. The van der Waals surface area contributed by atoms with Crippen LogP contribution in [0.15, 0.2) is 47.4 Å². The van der Waals surface area contributed by atoms with Gasteiger partial charge in [-0.2, -0.15) is 0 Å². The summed E-state index contributed by atoms with van der Waals surface area (Å²) < 4.78 is 11.7. The molecule has 3 nitrogen and oxygen atoms in total. The number of hydrogen-bond acceptors (Lipinski definition) is 4. The third kappa shape index (κ3) is 3.67. The average Bonchev–Trinajstić information content (AvgIpc) is 2.48. The van der Waals surface area contributed by atoms with E-state index in [-0.39, 0.29) is 0 Å². The van der Waals surface area contributed by atoms with Gasteiger partial charge in [-0.05, 0) is 71.3 Å². The largest absolute Gasteiger partial charge is 0.496 e. The van der Waals surface area contributed by atoms with E-state index in [9.17, 15) is 4.79 Å². The summed E-state index contributed by atoms with van der Waals surface area (Å²) in [6, 6.07) is 12.7. The maximum absolute atomic E-state index is 12.2. The lowest BCUT2D eigenvalue weighted by atomic mass is 10.2. The van der Waals surface area contributed by atoms with E-state index in [0.717, 1.165) is 8.47 Å². The van der Waals surface area contributed by atoms with Gasteiger partial charge in [0, 0.05) is 8.47 Å². The Morgan fingerprint density at radius 3 is 2.45 bits per heavy atom. The zero-order valence-electron chi connectivity index (χ0n) is 11.1. The molecule has 0 heterocycles. The fourth-order valence-corrected chi connectivity index (χ4v) is 2.42. The number of thioether (sulfide) groups is 1. The Labute approximate surface area is 135 Å². The Hall–Kier alpha value is -1.21. The van der Waals surface area contributed by atoms with Gasteiger partial charge in [-0.3, -0.25) is 0 Å². The number of benzene rings is 2. The van der Waals surface area contributed by atoms with Crippen LogP contribution in [0.4, 0.5) is 0 Å². The molecule has 2 aromatic rings. The highest BCUT2D eigenvalue weighted by Crippen LogP contribution is 2.26. The summed E-state index contributed by atoms with van der Waals surface area (Å²) in [6.45, 7) is 0. The van der Waals surface area contributed by atoms with Gasteiger partial charge in [0.05, 0.1) is 7.11 Å². The Bertz CT molecular complexity index is 611. The fourth-order valence-electron chi connectivity index (χ4n) is 1.63. The van der Waals surface area contributed by atoms with Gasteiger partial charge in [0.1, 0.15) is 17.1 Å². The minimum Gasteiger partial charge on any atom is -0.496 e. The Kier molecular flexibility index (Phi) is 5.31. The summed E-state index contributed by atoms with van der Waals surface area (Å²) in [6.07, 6.45) is 1.97. The fraction of sp³-hybridized carbons (Fsp3) is 0.133. The predicted octanol–water partition coefficient (Wildman–Crippen LogP) is 4.24. The molecule has 104 valence electrons. The van der Waals surface area contributed by atoms with Crippen molar-refractivity contribution in [1.29, 1.82) is 0 Å². The standard InChI is InChI=1S/C15H13IO3S/c1-18-14-9-12(20-2)7-8-13(14)15(17)19-11-5-3-10(16)4-6-11/h3-9H,1-2H3. The molecule has 5 heteroatoms.